The van der Waals surface area contributed by atoms with Crippen molar-refractivity contribution in [2.45, 2.75) is 44.6 Å². The second kappa shape index (κ2) is 9.26. The topological polar surface area (TPSA) is 38.8 Å². The Kier molecular flexibility index (Phi) is 6.75. The lowest BCUT2D eigenvalue weighted by atomic mass is 9.96. The largest absolute Gasteiger partial charge is 0.377 e. The lowest BCUT2D eigenvalue weighted by Gasteiger charge is -2.44. The molecule has 0 saturated carbocycles. The van der Waals surface area contributed by atoms with Crippen molar-refractivity contribution in [3.8, 4) is 0 Å². The maximum atomic E-state index is 13.5. The SMILES string of the molecule is CC1(CCOCc2ccccc2)OCC(C(F)F)N(Cc2ccccc2)C1=O. The zero-order chi connectivity index (χ0) is 20.0. The summed E-state index contributed by atoms with van der Waals surface area (Å²) in [5.41, 5.74) is 0.676. The molecule has 2 aromatic carbocycles. The number of benzene rings is 2. The molecule has 1 aliphatic heterocycles. The highest BCUT2D eigenvalue weighted by atomic mass is 19.3. The van der Waals surface area contributed by atoms with Crippen LogP contribution in [0.5, 0.6) is 0 Å². The summed E-state index contributed by atoms with van der Waals surface area (Å²) in [7, 11) is 0. The Labute approximate surface area is 164 Å². The number of hydrogen-bond donors (Lipinski definition) is 0. The quantitative estimate of drug-likeness (QED) is 0.640. The number of alkyl halides is 2. The third-order valence-corrected chi connectivity index (χ3v) is 5.01. The predicted molar refractivity (Wildman–Crippen MR) is 102 cm³/mol. The molecular weight excluding hydrogens is 364 g/mol. The van der Waals surface area contributed by atoms with Crippen molar-refractivity contribution in [3.05, 3.63) is 71.8 Å². The highest BCUT2D eigenvalue weighted by Crippen LogP contribution is 2.30. The van der Waals surface area contributed by atoms with Crippen LogP contribution in [0.4, 0.5) is 8.78 Å². The van der Waals surface area contributed by atoms with Crippen LogP contribution in [0.2, 0.25) is 0 Å². The van der Waals surface area contributed by atoms with Crippen molar-refractivity contribution in [1.82, 2.24) is 4.90 Å². The van der Waals surface area contributed by atoms with E-state index in [0.29, 0.717) is 19.6 Å². The van der Waals surface area contributed by atoms with Gasteiger partial charge in [0, 0.05) is 13.0 Å². The summed E-state index contributed by atoms with van der Waals surface area (Å²) in [6.07, 6.45) is -2.36. The van der Waals surface area contributed by atoms with Gasteiger partial charge in [0.2, 0.25) is 0 Å². The molecule has 1 amide bonds. The predicted octanol–water partition coefficient (Wildman–Crippen LogP) is 4.04. The third-order valence-electron chi connectivity index (χ3n) is 5.01. The lowest BCUT2D eigenvalue weighted by molar-refractivity contribution is -0.191. The highest BCUT2D eigenvalue weighted by molar-refractivity contribution is 5.86. The molecule has 4 nitrogen and oxygen atoms in total. The summed E-state index contributed by atoms with van der Waals surface area (Å²) >= 11 is 0. The summed E-state index contributed by atoms with van der Waals surface area (Å²) in [5, 5.41) is 0. The summed E-state index contributed by atoms with van der Waals surface area (Å²) in [6.45, 7) is 2.33. The van der Waals surface area contributed by atoms with Crippen LogP contribution in [-0.4, -0.2) is 42.1 Å². The average Bonchev–Trinajstić information content (AvgIpc) is 2.70. The smallest absolute Gasteiger partial charge is 0.260 e. The third kappa shape index (κ3) is 4.94. The minimum atomic E-state index is -2.66. The van der Waals surface area contributed by atoms with Crippen LogP contribution >= 0.6 is 0 Å². The monoisotopic (exact) mass is 389 g/mol. The van der Waals surface area contributed by atoms with Crippen LogP contribution in [0.15, 0.2) is 60.7 Å². The van der Waals surface area contributed by atoms with Gasteiger partial charge in [0.05, 0.1) is 19.8 Å². The van der Waals surface area contributed by atoms with Gasteiger partial charge in [-0.2, -0.15) is 0 Å². The Morgan fingerprint density at radius 2 is 1.71 bits per heavy atom. The van der Waals surface area contributed by atoms with Crippen LogP contribution in [0.25, 0.3) is 0 Å². The molecule has 0 spiro atoms. The van der Waals surface area contributed by atoms with Crippen LogP contribution in [-0.2, 0) is 27.4 Å². The molecule has 1 heterocycles. The van der Waals surface area contributed by atoms with E-state index in [1.54, 1.807) is 6.92 Å². The molecule has 1 saturated heterocycles. The fourth-order valence-corrected chi connectivity index (χ4v) is 3.26. The van der Waals surface area contributed by atoms with Gasteiger partial charge in [0.15, 0.2) is 0 Å². The van der Waals surface area contributed by atoms with Gasteiger partial charge in [-0.05, 0) is 18.1 Å². The van der Waals surface area contributed by atoms with Gasteiger partial charge in [0.1, 0.15) is 11.6 Å². The van der Waals surface area contributed by atoms with Crippen LogP contribution in [0, 0.1) is 0 Å². The van der Waals surface area contributed by atoms with Crippen molar-refractivity contribution >= 4 is 5.91 Å². The van der Waals surface area contributed by atoms with Crippen molar-refractivity contribution in [1.29, 1.82) is 0 Å². The van der Waals surface area contributed by atoms with Gasteiger partial charge >= 0.3 is 0 Å². The molecule has 2 unspecified atom stereocenters. The van der Waals surface area contributed by atoms with Crippen LogP contribution in [0.1, 0.15) is 24.5 Å². The molecule has 1 fully saturated rings. The molecular formula is C22H25F2NO3. The minimum absolute atomic E-state index is 0.137. The molecule has 150 valence electrons. The Bertz CT molecular complexity index is 757. The van der Waals surface area contributed by atoms with E-state index in [1.807, 2.05) is 60.7 Å². The van der Waals surface area contributed by atoms with Gasteiger partial charge in [-0.1, -0.05) is 60.7 Å². The summed E-state index contributed by atoms with van der Waals surface area (Å²) in [4.78, 5) is 14.3. The summed E-state index contributed by atoms with van der Waals surface area (Å²) in [6, 6.07) is 17.6. The average molecular weight is 389 g/mol. The zero-order valence-corrected chi connectivity index (χ0v) is 15.9. The summed E-state index contributed by atoms with van der Waals surface area (Å²) < 4.78 is 38.3. The van der Waals surface area contributed by atoms with Crippen molar-refractivity contribution in [2.75, 3.05) is 13.2 Å². The molecule has 0 N–H and O–H groups in total. The van der Waals surface area contributed by atoms with Gasteiger partial charge in [-0.25, -0.2) is 8.78 Å². The number of ether oxygens (including phenoxy) is 2. The first-order valence-corrected chi connectivity index (χ1v) is 9.38. The maximum Gasteiger partial charge on any atom is 0.260 e. The summed E-state index contributed by atoms with van der Waals surface area (Å²) in [5.74, 6) is -0.420. The molecule has 28 heavy (non-hydrogen) atoms. The Hall–Kier alpha value is -2.31. The molecule has 0 bridgehead atoms. The molecule has 3 rings (SSSR count). The number of nitrogens with zero attached hydrogens (tertiary/aromatic N) is 1. The molecule has 1 aliphatic rings. The molecule has 0 radical (unpaired) electrons. The standard InChI is InChI=1S/C22H25F2NO3/c1-22(12-13-27-15-18-10-6-3-7-11-18)21(26)25(19(16-28-22)20(23)24)14-17-8-4-2-5-9-17/h2-11,19-20H,12-16H2,1H3. The number of rotatable bonds is 8. The maximum absolute atomic E-state index is 13.5. The van der Waals surface area contributed by atoms with E-state index in [4.69, 9.17) is 9.47 Å². The van der Waals surface area contributed by atoms with Gasteiger partial charge in [0.25, 0.3) is 12.3 Å². The lowest BCUT2D eigenvalue weighted by Crippen LogP contribution is -2.61. The first-order valence-electron chi connectivity index (χ1n) is 9.38. The first kappa shape index (κ1) is 20.4. The molecule has 6 heteroatoms. The van der Waals surface area contributed by atoms with E-state index >= 15 is 0 Å². The molecule has 2 atom stereocenters. The van der Waals surface area contributed by atoms with E-state index in [9.17, 15) is 13.6 Å². The Balaban J connectivity index is 1.63. The number of amides is 1. The van der Waals surface area contributed by atoms with Crippen LogP contribution in [0.3, 0.4) is 0 Å². The molecule has 0 aliphatic carbocycles. The van der Waals surface area contributed by atoms with E-state index in [0.717, 1.165) is 11.1 Å². The van der Waals surface area contributed by atoms with Crippen molar-refractivity contribution < 1.29 is 23.0 Å². The van der Waals surface area contributed by atoms with Crippen LogP contribution < -0.4 is 0 Å². The second-order valence-corrected chi connectivity index (χ2v) is 7.15. The Morgan fingerprint density at radius 1 is 1.11 bits per heavy atom. The van der Waals surface area contributed by atoms with Gasteiger partial charge in [-0.15, -0.1) is 0 Å². The minimum Gasteiger partial charge on any atom is -0.377 e. The normalized spacial score (nSPS) is 22.6. The number of carbonyl (C=O) groups excluding carboxylic acids is 1. The highest BCUT2D eigenvalue weighted by Gasteiger charge is 2.47. The van der Waals surface area contributed by atoms with Gasteiger partial charge in [-0.3, -0.25) is 4.79 Å². The molecule has 0 aromatic heterocycles. The number of hydrogen-bond acceptors (Lipinski definition) is 3. The van der Waals surface area contributed by atoms with E-state index in [-0.39, 0.29) is 13.2 Å². The zero-order valence-electron chi connectivity index (χ0n) is 15.9. The first-order chi connectivity index (χ1) is 13.5. The van der Waals surface area contributed by atoms with Crippen molar-refractivity contribution in [2.24, 2.45) is 0 Å². The number of carbonyl (C=O) groups is 1. The van der Waals surface area contributed by atoms with E-state index in [2.05, 4.69) is 0 Å². The van der Waals surface area contributed by atoms with E-state index < -0.39 is 24.0 Å². The Morgan fingerprint density at radius 3 is 2.32 bits per heavy atom. The fourth-order valence-electron chi connectivity index (χ4n) is 3.26. The number of halogens is 2. The number of morpholine rings is 1. The van der Waals surface area contributed by atoms with Crippen molar-refractivity contribution in [3.63, 3.8) is 0 Å². The van der Waals surface area contributed by atoms with E-state index in [1.165, 1.54) is 4.90 Å². The molecule has 2 aromatic rings. The second-order valence-electron chi connectivity index (χ2n) is 7.15. The van der Waals surface area contributed by atoms with Gasteiger partial charge < -0.3 is 14.4 Å². The fraction of sp³-hybridized carbons (Fsp3) is 0.409.